The van der Waals surface area contributed by atoms with Crippen LogP contribution in [0.2, 0.25) is 0 Å². The van der Waals surface area contributed by atoms with Gasteiger partial charge in [-0.1, -0.05) is 15.9 Å². The third kappa shape index (κ3) is 3.45. The monoisotopic (exact) mass is 312 g/mol. The molecule has 0 unspecified atom stereocenters. The third-order valence-electron chi connectivity index (χ3n) is 2.27. The number of amides is 1. The van der Waals surface area contributed by atoms with Crippen molar-refractivity contribution in [2.45, 2.75) is 12.5 Å². The second-order valence-electron chi connectivity index (χ2n) is 3.99. The fourth-order valence-electron chi connectivity index (χ4n) is 1.40. The summed E-state index contributed by atoms with van der Waals surface area (Å²) in [5.41, 5.74) is -1.03. The minimum atomic E-state index is -1.13. The molecule has 0 aromatic heterocycles. The van der Waals surface area contributed by atoms with Gasteiger partial charge in [0.2, 0.25) is 0 Å². The molecular formula is C12H13BrN2O3. The van der Waals surface area contributed by atoms with Gasteiger partial charge in [0, 0.05) is 11.6 Å². The van der Waals surface area contributed by atoms with Gasteiger partial charge in [-0.15, -0.1) is 0 Å². The first-order valence-electron chi connectivity index (χ1n) is 5.13. The van der Waals surface area contributed by atoms with E-state index in [0.29, 0.717) is 4.47 Å². The van der Waals surface area contributed by atoms with Crippen LogP contribution < -0.4 is 5.32 Å². The zero-order valence-corrected chi connectivity index (χ0v) is 11.6. The molecule has 0 aliphatic heterocycles. The van der Waals surface area contributed by atoms with Crippen LogP contribution in [0.4, 0.5) is 0 Å². The molecule has 0 saturated heterocycles. The van der Waals surface area contributed by atoms with Crippen LogP contribution in [-0.4, -0.2) is 30.3 Å². The van der Waals surface area contributed by atoms with E-state index in [1.807, 2.05) is 6.07 Å². The minimum Gasteiger partial charge on any atom is -0.507 e. The molecule has 0 aliphatic carbocycles. The summed E-state index contributed by atoms with van der Waals surface area (Å²) in [5, 5.41) is 21.2. The second-order valence-corrected chi connectivity index (χ2v) is 4.91. The summed E-state index contributed by atoms with van der Waals surface area (Å²) in [6.45, 7) is 1.61. The average molecular weight is 313 g/mol. The van der Waals surface area contributed by atoms with Crippen molar-refractivity contribution in [2.75, 3.05) is 13.7 Å². The van der Waals surface area contributed by atoms with E-state index in [0.717, 1.165) is 0 Å². The number of rotatable bonds is 4. The Bertz CT molecular complexity index is 499. The van der Waals surface area contributed by atoms with E-state index >= 15 is 0 Å². The molecule has 18 heavy (non-hydrogen) atoms. The second kappa shape index (κ2) is 5.85. The molecule has 0 heterocycles. The number of nitriles is 1. The molecule has 2 N–H and O–H groups in total. The normalized spacial score (nSPS) is 13.4. The molecule has 1 rings (SSSR count). The van der Waals surface area contributed by atoms with Crippen molar-refractivity contribution in [3.05, 3.63) is 28.2 Å². The summed E-state index contributed by atoms with van der Waals surface area (Å²) < 4.78 is 5.54. The molecule has 1 aromatic rings. The van der Waals surface area contributed by atoms with Gasteiger partial charge in [-0.05, 0) is 25.1 Å². The topological polar surface area (TPSA) is 82.3 Å². The first-order valence-corrected chi connectivity index (χ1v) is 5.92. The molecule has 6 heteroatoms. The standard InChI is InChI=1S/C12H13BrN2O3/c1-12(6-14,7-18-2)15-11(17)9-4-3-8(13)5-10(9)16/h3-5,16H,7H2,1-2H3,(H,15,17)/t12-/m0/s1. The molecule has 0 bridgehead atoms. The first kappa shape index (κ1) is 14.5. The van der Waals surface area contributed by atoms with E-state index in [1.165, 1.54) is 19.2 Å². The molecule has 0 aliphatic rings. The van der Waals surface area contributed by atoms with E-state index in [1.54, 1.807) is 13.0 Å². The zero-order chi connectivity index (χ0) is 13.8. The number of ether oxygens (including phenoxy) is 1. The fourth-order valence-corrected chi connectivity index (χ4v) is 1.75. The minimum absolute atomic E-state index is 0.0620. The molecule has 1 aromatic carbocycles. The van der Waals surface area contributed by atoms with E-state index in [9.17, 15) is 9.90 Å². The largest absolute Gasteiger partial charge is 0.507 e. The Balaban J connectivity index is 2.92. The highest BCUT2D eigenvalue weighted by Crippen LogP contribution is 2.22. The quantitative estimate of drug-likeness (QED) is 0.888. The van der Waals surface area contributed by atoms with E-state index in [-0.39, 0.29) is 17.9 Å². The third-order valence-corrected chi connectivity index (χ3v) is 2.77. The van der Waals surface area contributed by atoms with Gasteiger partial charge in [-0.3, -0.25) is 4.79 Å². The van der Waals surface area contributed by atoms with Crippen molar-refractivity contribution in [3.63, 3.8) is 0 Å². The Hall–Kier alpha value is -1.58. The van der Waals surface area contributed by atoms with Gasteiger partial charge in [-0.2, -0.15) is 5.26 Å². The van der Waals surface area contributed by atoms with Crippen LogP contribution >= 0.6 is 15.9 Å². The number of carbonyl (C=O) groups is 1. The molecule has 1 atom stereocenters. The highest BCUT2D eigenvalue weighted by molar-refractivity contribution is 9.10. The lowest BCUT2D eigenvalue weighted by molar-refractivity contribution is 0.0857. The van der Waals surface area contributed by atoms with Crippen LogP contribution in [0.25, 0.3) is 0 Å². The lowest BCUT2D eigenvalue weighted by Crippen LogP contribution is -2.48. The van der Waals surface area contributed by atoms with Gasteiger partial charge >= 0.3 is 0 Å². The van der Waals surface area contributed by atoms with Crippen LogP contribution in [0.5, 0.6) is 5.75 Å². The predicted octanol–water partition coefficient (Wildman–Crippen LogP) is 1.81. The summed E-state index contributed by atoms with van der Waals surface area (Å²) in [4.78, 5) is 11.9. The van der Waals surface area contributed by atoms with Crippen molar-refractivity contribution in [2.24, 2.45) is 0 Å². The lowest BCUT2D eigenvalue weighted by Gasteiger charge is -2.22. The first-order chi connectivity index (χ1) is 8.41. The van der Waals surface area contributed by atoms with Crippen LogP contribution in [0.15, 0.2) is 22.7 Å². The number of halogens is 1. The predicted molar refractivity (Wildman–Crippen MR) is 69.2 cm³/mol. The molecule has 1 amide bonds. The molecule has 96 valence electrons. The maximum absolute atomic E-state index is 11.9. The van der Waals surface area contributed by atoms with Crippen molar-refractivity contribution < 1.29 is 14.6 Å². The number of hydrogen-bond donors (Lipinski definition) is 2. The number of benzene rings is 1. The van der Waals surface area contributed by atoms with Crippen LogP contribution in [0, 0.1) is 11.3 Å². The molecule has 0 spiro atoms. The Morgan fingerprint density at radius 3 is 2.83 bits per heavy atom. The van der Waals surface area contributed by atoms with Crippen LogP contribution in [-0.2, 0) is 4.74 Å². The smallest absolute Gasteiger partial charge is 0.256 e. The van der Waals surface area contributed by atoms with Gasteiger partial charge in [0.05, 0.1) is 18.2 Å². The number of phenolic OH excluding ortho intramolecular Hbond substituents is 1. The SMILES string of the molecule is COC[C@](C)(C#N)NC(=O)c1ccc(Br)cc1O. The molecule has 0 saturated carbocycles. The Labute approximate surface area is 114 Å². The number of hydrogen-bond acceptors (Lipinski definition) is 4. The van der Waals surface area contributed by atoms with Gasteiger partial charge < -0.3 is 15.2 Å². The number of nitrogens with zero attached hydrogens (tertiary/aromatic N) is 1. The van der Waals surface area contributed by atoms with Crippen molar-refractivity contribution in [1.29, 1.82) is 5.26 Å². The number of aromatic hydroxyl groups is 1. The number of carbonyl (C=O) groups excluding carboxylic acids is 1. The maximum atomic E-state index is 11.9. The molecular weight excluding hydrogens is 300 g/mol. The summed E-state index contributed by atoms with van der Waals surface area (Å²) >= 11 is 3.18. The van der Waals surface area contributed by atoms with Crippen LogP contribution in [0.3, 0.4) is 0 Å². The van der Waals surface area contributed by atoms with Gasteiger partial charge in [-0.25, -0.2) is 0 Å². The van der Waals surface area contributed by atoms with Crippen molar-refractivity contribution in [1.82, 2.24) is 5.32 Å². The van der Waals surface area contributed by atoms with Crippen molar-refractivity contribution in [3.8, 4) is 11.8 Å². The van der Waals surface area contributed by atoms with Crippen LogP contribution in [0.1, 0.15) is 17.3 Å². The average Bonchev–Trinajstić information content (AvgIpc) is 2.28. The zero-order valence-electron chi connectivity index (χ0n) is 10.0. The maximum Gasteiger partial charge on any atom is 0.256 e. The Morgan fingerprint density at radius 1 is 1.67 bits per heavy atom. The van der Waals surface area contributed by atoms with E-state index in [4.69, 9.17) is 10.00 Å². The summed E-state index contributed by atoms with van der Waals surface area (Å²) in [5.74, 6) is -0.680. The van der Waals surface area contributed by atoms with E-state index < -0.39 is 11.4 Å². The summed E-state index contributed by atoms with van der Waals surface area (Å²) in [7, 11) is 1.44. The highest BCUT2D eigenvalue weighted by Gasteiger charge is 2.27. The number of methoxy groups -OCH3 is 1. The Kier molecular flexibility index (Phi) is 4.70. The fraction of sp³-hybridized carbons (Fsp3) is 0.333. The summed E-state index contributed by atoms with van der Waals surface area (Å²) in [6, 6.07) is 6.48. The van der Waals surface area contributed by atoms with Gasteiger partial charge in [0.15, 0.2) is 0 Å². The van der Waals surface area contributed by atoms with E-state index in [2.05, 4.69) is 21.2 Å². The van der Waals surface area contributed by atoms with Gasteiger partial charge in [0.25, 0.3) is 5.91 Å². The number of phenols is 1. The van der Waals surface area contributed by atoms with Gasteiger partial charge in [0.1, 0.15) is 11.3 Å². The summed E-state index contributed by atoms with van der Waals surface area (Å²) in [6.07, 6.45) is 0. The molecule has 0 fully saturated rings. The lowest BCUT2D eigenvalue weighted by atomic mass is 10.0. The highest BCUT2D eigenvalue weighted by atomic mass is 79.9. The van der Waals surface area contributed by atoms with Crippen molar-refractivity contribution >= 4 is 21.8 Å². The molecule has 0 radical (unpaired) electrons. The number of nitrogens with one attached hydrogen (secondary N) is 1. The molecule has 5 nitrogen and oxygen atoms in total. The Morgan fingerprint density at radius 2 is 2.33 bits per heavy atom.